The van der Waals surface area contributed by atoms with E-state index >= 15 is 0 Å². The molecular weight excluding hydrogens is 204 g/mol. The van der Waals surface area contributed by atoms with Gasteiger partial charge in [0.05, 0.1) is 13.7 Å². The smallest absolute Gasteiger partial charge is 0.120 e. The number of rotatable bonds is 7. The molecule has 0 radical (unpaired) electrons. The molecule has 0 aliphatic heterocycles. The number of hydrogen-bond acceptors (Lipinski definition) is 3. The summed E-state index contributed by atoms with van der Waals surface area (Å²) in [7, 11) is 1.65. The van der Waals surface area contributed by atoms with Crippen LogP contribution < -0.4 is 4.74 Å². The van der Waals surface area contributed by atoms with Crippen molar-refractivity contribution < 1.29 is 14.3 Å². The van der Waals surface area contributed by atoms with Gasteiger partial charge in [0, 0.05) is 13.0 Å². The predicted molar refractivity (Wildman–Crippen MR) is 62.5 cm³/mol. The number of methoxy groups -OCH3 is 1. The highest BCUT2D eigenvalue weighted by molar-refractivity contribution is 5.49. The SMILES string of the molecule is COc1ccc(COC[C@H](C)CC=O)cc1. The molecule has 0 unspecified atom stereocenters. The van der Waals surface area contributed by atoms with Crippen LogP contribution in [0.5, 0.6) is 5.75 Å². The molecule has 0 saturated heterocycles. The molecule has 1 aromatic rings. The van der Waals surface area contributed by atoms with E-state index in [0.717, 1.165) is 17.6 Å². The molecule has 3 heteroatoms. The molecule has 16 heavy (non-hydrogen) atoms. The summed E-state index contributed by atoms with van der Waals surface area (Å²) in [5.74, 6) is 1.13. The maximum atomic E-state index is 10.2. The molecule has 0 saturated carbocycles. The first kappa shape index (κ1) is 12.7. The van der Waals surface area contributed by atoms with Gasteiger partial charge in [-0.1, -0.05) is 19.1 Å². The molecule has 0 N–H and O–H groups in total. The van der Waals surface area contributed by atoms with Crippen LogP contribution in [0.2, 0.25) is 0 Å². The molecule has 1 rings (SSSR count). The van der Waals surface area contributed by atoms with E-state index in [2.05, 4.69) is 0 Å². The fourth-order valence-electron chi connectivity index (χ4n) is 1.33. The van der Waals surface area contributed by atoms with Crippen molar-refractivity contribution in [1.82, 2.24) is 0 Å². The number of carbonyl (C=O) groups is 1. The van der Waals surface area contributed by atoms with Crippen LogP contribution in [0.3, 0.4) is 0 Å². The van der Waals surface area contributed by atoms with Gasteiger partial charge in [0.25, 0.3) is 0 Å². The minimum Gasteiger partial charge on any atom is -0.497 e. The van der Waals surface area contributed by atoms with Crippen LogP contribution in [0.4, 0.5) is 0 Å². The Hall–Kier alpha value is -1.35. The van der Waals surface area contributed by atoms with Gasteiger partial charge in [0.1, 0.15) is 12.0 Å². The van der Waals surface area contributed by atoms with Crippen LogP contribution in [-0.4, -0.2) is 20.0 Å². The summed E-state index contributed by atoms with van der Waals surface area (Å²) in [4.78, 5) is 10.2. The normalized spacial score (nSPS) is 12.1. The summed E-state index contributed by atoms with van der Waals surface area (Å²) in [6.45, 7) is 3.19. The molecule has 0 heterocycles. The Morgan fingerprint density at radius 1 is 1.31 bits per heavy atom. The molecule has 0 fully saturated rings. The summed E-state index contributed by atoms with van der Waals surface area (Å²) in [6, 6.07) is 7.77. The van der Waals surface area contributed by atoms with Crippen LogP contribution in [-0.2, 0) is 16.1 Å². The maximum Gasteiger partial charge on any atom is 0.120 e. The van der Waals surface area contributed by atoms with Crippen molar-refractivity contribution in [1.29, 1.82) is 0 Å². The lowest BCUT2D eigenvalue weighted by molar-refractivity contribution is -0.109. The second-order valence-corrected chi connectivity index (χ2v) is 3.87. The van der Waals surface area contributed by atoms with Gasteiger partial charge in [0.2, 0.25) is 0 Å². The summed E-state index contributed by atoms with van der Waals surface area (Å²) in [5.41, 5.74) is 1.11. The number of benzene rings is 1. The standard InChI is InChI=1S/C13H18O3/c1-11(7-8-14)9-16-10-12-3-5-13(15-2)6-4-12/h3-6,8,11H,7,9-10H2,1-2H3/t11-/m1/s1. The molecule has 0 spiro atoms. The quantitative estimate of drug-likeness (QED) is 0.665. The summed E-state index contributed by atoms with van der Waals surface area (Å²) < 4.78 is 10.6. The Morgan fingerprint density at radius 2 is 2.00 bits per heavy atom. The number of carbonyl (C=O) groups excluding carboxylic acids is 1. The Bertz CT molecular complexity index is 305. The van der Waals surface area contributed by atoms with Gasteiger partial charge in [0.15, 0.2) is 0 Å². The van der Waals surface area contributed by atoms with Gasteiger partial charge in [-0.2, -0.15) is 0 Å². The van der Waals surface area contributed by atoms with Crippen molar-refractivity contribution in [2.75, 3.05) is 13.7 Å². The molecule has 88 valence electrons. The highest BCUT2D eigenvalue weighted by atomic mass is 16.5. The first-order chi connectivity index (χ1) is 7.76. The van der Waals surface area contributed by atoms with Gasteiger partial charge in [-0.15, -0.1) is 0 Å². The molecule has 3 nitrogen and oxygen atoms in total. The summed E-state index contributed by atoms with van der Waals surface area (Å²) >= 11 is 0. The van der Waals surface area contributed by atoms with Crippen LogP contribution >= 0.6 is 0 Å². The molecule has 0 aliphatic carbocycles. The monoisotopic (exact) mass is 222 g/mol. The molecular formula is C13H18O3. The van der Waals surface area contributed by atoms with E-state index in [-0.39, 0.29) is 5.92 Å². The summed E-state index contributed by atoms with van der Waals surface area (Å²) in [6.07, 6.45) is 1.49. The number of aldehydes is 1. The van der Waals surface area contributed by atoms with Crippen molar-refractivity contribution in [3.8, 4) is 5.75 Å². The third kappa shape index (κ3) is 4.45. The Morgan fingerprint density at radius 3 is 2.56 bits per heavy atom. The van der Waals surface area contributed by atoms with E-state index in [1.54, 1.807) is 7.11 Å². The maximum absolute atomic E-state index is 10.2. The molecule has 0 bridgehead atoms. The lowest BCUT2D eigenvalue weighted by Gasteiger charge is -2.09. The first-order valence-corrected chi connectivity index (χ1v) is 5.40. The van der Waals surface area contributed by atoms with Crippen LogP contribution in [0.1, 0.15) is 18.9 Å². The van der Waals surface area contributed by atoms with E-state index in [1.165, 1.54) is 0 Å². The van der Waals surface area contributed by atoms with E-state index in [0.29, 0.717) is 19.6 Å². The van der Waals surface area contributed by atoms with Crippen molar-refractivity contribution in [3.63, 3.8) is 0 Å². The molecule has 0 aliphatic rings. The second kappa shape index (κ2) is 7.01. The van der Waals surface area contributed by atoms with Gasteiger partial charge < -0.3 is 14.3 Å². The summed E-state index contributed by atoms with van der Waals surface area (Å²) in [5, 5.41) is 0. The zero-order valence-electron chi connectivity index (χ0n) is 9.81. The lowest BCUT2D eigenvalue weighted by atomic mass is 10.1. The molecule has 1 aromatic carbocycles. The third-order valence-corrected chi connectivity index (χ3v) is 2.33. The number of ether oxygens (including phenoxy) is 2. The highest BCUT2D eigenvalue weighted by Gasteiger charge is 2.01. The van der Waals surface area contributed by atoms with Crippen molar-refractivity contribution in [2.45, 2.75) is 20.0 Å². The zero-order valence-corrected chi connectivity index (χ0v) is 9.81. The third-order valence-electron chi connectivity index (χ3n) is 2.33. The minimum atomic E-state index is 0.288. The lowest BCUT2D eigenvalue weighted by Crippen LogP contribution is -2.06. The predicted octanol–water partition coefficient (Wildman–Crippen LogP) is 2.44. The van der Waals surface area contributed by atoms with E-state index in [4.69, 9.17) is 9.47 Å². The average Bonchev–Trinajstić information content (AvgIpc) is 2.30. The van der Waals surface area contributed by atoms with E-state index in [9.17, 15) is 4.79 Å². The fraction of sp³-hybridized carbons (Fsp3) is 0.462. The Labute approximate surface area is 96.4 Å². The number of hydrogen-bond donors (Lipinski definition) is 0. The zero-order chi connectivity index (χ0) is 11.8. The topological polar surface area (TPSA) is 35.5 Å². The first-order valence-electron chi connectivity index (χ1n) is 5.40. The van der Waals surface area contributed by atoms with Crippen molar-refractivity contribution in [3.05, 3.63) is 29.8 Å². The molecule has 0 aromatic heterocycles. The highest BCUT2D eigenvalue weighted by Crippen LogP contribution is 2.12. The molecule has 0 amide bonds. The van der Waals surface area contributed by atoms with Crippen LogP contribution in [0.15, 0.2) is 24.3 Å². The van der Waals surface area contributed by atoms with Gasteiger partial charge in [-0.25, -0.2) is 0 Å². The Kier molecular flexibility index (Phi) is 5.57. The van der Waals surface area contributed by atoms with E-state index in [1.807, 2.05) is 31.2 Å². The van der Waals surface area contributed by atoms with Crippen LogP contribution in [0.25, 0.3) is 0 Å². The van der Waals surface area contributed by atoms with Crippen molar-refractivity contribution >= 4 is 6.29 Å². The largest absolute Gasteiger partial charge is 0.497 e. The van der Waals surface area contributed by atoms with Crippen LogP contribution in [0, 0.1) is 5.92 Å². The second-order valence-electron chi connectivity index (χ2n) is 3.87. The molecule has 1 atom stereocenters. The minimum absolute atomic E-state index is 0.288. The van der Waals surface area contributed by atoms with Gasteiger partial charge >= 0.3 is 0 Å². The average molecular weight is 222 g/mol. The van der Waals surface area contributed by atoms with E-state index < -0.39 is 0 Å². The van der Waals surface area contributed by atoms with Gasteiger partial charge in [-0.3, -0.25) is 0 Å². The fourth-order valence-corrected chi connectivity index (χ4v) is 1.33. The Balaban J connectivity index is 2.28. The van der Waals surface area contributed by atoms with Gasteiger partial charge in [-0.05, 0) is 23.6 Å². The van der Waals surface area contributed by atoms with Crippen molar-refractivity contribution in [2.24, 2.45) is 5.92 Å².